The number of oxazole rings is 1. The molecule has 0 amide bonds. The minimum absolute atomic E-state index is 0. The summed E-state index contributed by atoms with van der Waals surface area (Å²) < 4.78 is 29.7. The van der Waals surface area contributed by atoms with Crippen molar-refractivity contribution >= 4 is 33.3 Å². The van der Waals surface area contributed by atoms with Crippen LogP contribution in [-0.4, -0.2) is 32.2 Å². The van der Waals surface area contributed by atoms with E-state index < -0.39 is 9.84 Å². The van der Waals surface area contributed by atoms with E-state index in [-0.39, 0.29) is 29.3 Å². The first-order valence-electron chi connectivity index (χ1n) is 5.94. The molecule has 104 valence electrons. The molecule has 1 fully saturated rings. The van der Waals surface area contributed by atoms with Crippen LogP contribution in [-0.2, 0) is 9.84 Å². The zero-order chi connectivity index (χ0) is 12.6. The van der Waals surface area contributed by atoms with Gasteiger partial charge in [0.2, 0.25) is 9.84 Å². The maximum absolute atomic E-state index is 12.2. The van der Waals surface area contributed by atoms with E-state index >= 15 is 0 Å². The van der Waals surface area contributed by atoms with Gasteiger partial charge < -0.3 is 9.73 Å². The van der Waals surface area contributed by atoms with Crippen molar-refractivity contribution in [3.8, 4) is 0 Å². The molecule has 0 aliphatic carbocycles. The molecule has 1 aliphatic heterocycles. The number of aromatic nitrogens is 1. The number of fused-ring (bicyclic) bond motifs is 1. The molecule has 1 aromatic carbocycles. The molecule has 1 aromatic heterocycles. The highest BCUT2D eigenvalue weighted by Gasteiger charge is 2.27. The van der Waals surface area contributed by atoms with E-state index in [9.17, 15) is 8.42 Å². The fraction of sp³-hybridized carbons (Fsp3) is 0.417. The fourth-order valence-corrected chi connectivity index (χ4v) is 3.72. The summed E-state index contributed by atoms with van der Waals surface area (Å²) in [6.07, 6.45) is 0.888. The summed E-state index contributed by atoms with van der Waals surface area (Å²) in [6.45, 7) is 1.63. The van der Waals surface area contributed by atoms with Gasteiger partial charge in [0.15, 0.2) is 5.58 Å². The molecular formula is C12H15ClN2O3S. The zero-order valence-electron chi connectivity index (χ0n) is 10.2. The SMILES string of the molecule is Cl.O=S(=O)(CC1CCNC1)c1nc2ccccc2o1. The summed E-state index contributed by atoms with van der Waals surface area (Å²) in [5.74, 6) is 0.261. The molecule has 0 saturated carbocycles. The average Bonchev–Trinajstić information content (AvgIpc) is 2.96. The van der Waals surface area contributed by atoms with Gasteiger partial charge in [0.1, 0.15) is 5.52 Å². The van der Waals surface area contributed by atoms with Crippen molar-refractivity contribution in [3.05, 3.63) is 24.3 Å². The first kappa shape index (κ1) is 14.3. The Hall–Kier alpha value is -1.11. The Bertz CT molecular complexity index is 629. The molecule has 1 unspecified atom stereocenters. The van der Waals surface area contributed by atoms with Crippen LogP contribution in [0.1, 0.15) is 6.42 Å². The predicted molar refractivity (Wildman–Crippen MR) is 74.3 cm³/mol. The number of hydrogen-bond acceptors (Lipinski definition) is 5. The number of benzene rings is 1. The molecule has 1 aliphatic rings. The highest BCUT2D eigenvalue weighted by atomic mass is 35.5. The standard InChI is InChI=1S/C12H14N2O3S.ClH/c15-18(16,8-9-5-6-13-7-9)12-14-10-3-1-2-4-11(10)17-12;/h1-4,9,13H,5-8H2;1H. The third-order valence-electron chi connectivity index (χ3n) is 3.16. The molecule has 3 rings (SSSR count). The minimum Gasteiger partial charge on any atom is -0.428 e. The Morgan fingerprint density at radius 3 is 2.84 bits per heavy atom. The Kier molecular flexibility index (Phi) is 4.13. The zero-order valence-corrected chi connectivity index (χ0v) is 11.8. The van der Waals surface area contributed by atoms with E-state index in [4.69, 9.17) is 4.42 Å². The van der Waals surface area contributed by atoms with Crippen LogP contribution in [0.25, 0.3) is 11.1 Å². The Labute approximate surface area is 117 Å². The molecule has 2 aromatic rings. The summed E-state index contributed by atoms with van der Waals surface area (Å²) in [6, 6.07) is 7.07. The van der Waals surface area contributed by atoms with Gasteiger partial charge in [0, 0.05) is 0 Å². The summed E-state index contributed by atoms with van der Waals surface area (Å²) in [4.78, 5) is 4.05. The van der Waals surface area contributed by atoms with Crippen LogP contribution in [0.2, 0.25) is 0 Å². The highest BCUT2D eigenvalue weighted by Crippen LogP contribution is 2.21. The van der Waals surface area contributed by atoms with Crippen molar-refractivity contribution in [2.45, 2.75) is 11.6 Å². The van der Waals surface area contributed by atoms with Crippen molar-refractivity contribution in [2.24, 2.45) is 5.92 Å². The number of para-hydroxylation sites is 2. The van der Waals surface area contributed by atoms with E-state index in [0.717, 1.165) is 19.5 Å². The van der Waals surface area contributed by atoms with Crippen LogP contribution in [0, 0.1) is 5.92 Å². The Morgan fingerprint density at radius 1 is 1.37 bits per heavy atom. The van der Waals surface area contributed by atoms with Gasteiger partial charge in [-0.1, -0.05) is 12.1 Å². The van der Waals surface area contributed by atoms with E-state index in [1.54, 1.807) is 18.2 Å². The lowest BCUT2D eigenvalue weighted by atomic mass is 10.2. The van der Waals surface area contributed by atoms with Crippen molar-refractivity contribution in [2.75, 3.05) is 18.8 Å². The maximum atomic E-state index is 12.2. The molecule has 0 bridgehead atoms. The first-order valence-corrected chi connectivity index (χ1v) is 7.59. The van der Waals surface area contributed by atoms with Crippen LogP contribution < -0.4 is 5.32 Å². The van der Waals surface area contributed by atoms with Crippen molar-refractivity contribution in [3.63, 3.8) is 0 Å². The normalized spacial score (nSPS) is 19.5. The summed E-state index contributed by atoms with van der Waals surface area (Å²) in [5.41, 5.74) is 1.10. The van der Waals surface area contributed by atoms with Crippen molar-refractivity contribution in [1.82, 2.24) is 10.3 Å². The van der Waals surface area contributed by atoms with E-state index in [1.165, 1.54) is 0 Å². The quantitative estimate of drug-likeness (QED) is 0.933. The van der Waals surface area contributed by atoms with Gasteiger partial charge in [0.25, 0.3) is 0 Å². The maximum Gasteiger partial charge on any atom is 0.316 e. The second-order valence-electron chi connectivity index (χ2n) is 4.59. The topological polar surface area (TPSA) is 72.2 Å². The van der Waals surface area contributed by atoms with Gasteiger partial charge in [-0.15, -0.1) is 12.4 Å². The lowest BCUT2D eigenvalue weighted by Crippen LogP contribution is -2.19. The second kappa shape index (κ2) is 5.48. The van der Waals surface area contributed by atoms with Gasteiger partial charge in [-0.25, -0.2) is 8.42 Å². The Morgan fingerprint density at radius 2 is 2.16 bits per heavy atom. The smallest absolute Gasteiger partial charge is 0.316 e. The molecule has 1 atom stereocenters. The summed E-state index contributed by atoms with van der Waals surface area (Å²) in [7, 11) is -3.42. The average molecular weight is 303 g/mol. The van der Waals surface area contributed by atoms with Crippen LogP contribution in [0.5, 0.6) is 0 Å². The lowest BCUT2D eigenvalue weighted by Gasteiger charge is -2.05. The van der Waals surface area contributed by atoms with Gasteiger partial charge in [0.05, 0.1) is 5.75 Å². The molecule has 19 heavy (non-hydrogen) atoms. The van der Waals surface area contributed by atoms with Crippen LogP contribution >= 0.6 is 12.4 Å². The molecular weight excluding hydrogens is 288 g/mol. The van der Waals surface area contributed by atoms with E-state index in [0.29, 0.717) is 11.1 Å². The largest absolute Gasteiger partial charge is 0.428 e. The fourth-order valence-electron chi connectivity index (χ4n) is 2.22. The number of sulfone groups is 1. The third-order valence-corrected chi connectivity index (χ3v) is 4.77. The van der Waals surface area contributed by atoms with E-state index in [1.807, 2.05) is 6.07 Å². The van der Waals surface area contributed by atoms with Gasteiger partial charge in [-0.3, -0.25) is 0 Å². The van der Waals surface area contributed by atoms with Gasteiger partial charge in [-0.2, -0.15) is 4.98 Å². The van der Waals surface area contributed by atoms with Crippen LogP contribution in [0.3, 0.4) is 0 Å². The number of halogens is 1. The van der Waals surface area contributed by atoms with Gasteiger partial charge >= 0.3 is 5.22 Å². The lowest BCUT2D eigenvalue weighted by molar-refractivity contribution is 0.453. The van der Waals surface area contributed by atoms with Gasteiger partial charge in [-0.05, 0) is 37.6 Å². The summed E-state index contributed by atoms with van der Waals surface area (Å²) in [5, 5.41) is 3.00. The molecule has 1 N–H and O–H groups in total. The van der Waals surface area contributed by atoms with E-state index in [2.05, 4.69) is 10.3 Å². The number of nitrogens with one attached hydrogen (secondary N) is 1. The Balaban J connectivity index is 0.00000133. The predicted octanol–water partition coefficient (Wildman–Crippen LogP) is 1.63. The first-order chi connectivity index (χ1) is 8.65. The minimum atomic E-state index is -3.42. The number of rotatable bonds is 3. The highest BCUT2D eigenvalue weighted by molar-refractivity contribution is 7.91. The monoisotopic (exact) mass is 302 g/mol. The molecule has 0 radical (unpaired) electrons. The molecule has 5 nitrogen and oxygen atoms in total. The van der Waals surface area contributed by atoms with Crippen LogP contribution in [0.15, 0.2) is 33.9 Å². The van der Waals surface area contributed by atoms with Crippen LogP contribution in [0.4, 0.5) is 0 Å². The van der Waals surface area contributed by atoms with Crippen molar-refractivity contribution < 1.29 is 12.8 Å². The molecule has 7 heteroatoms. The van der Waals surface area contributed by atoms with Crippen molar-refractivity contribution in [1.29, 1.82) is 0 Å². The molecule has 2 heterocycles. The second-order valence-corrected chi connectivity index (χ2v) is 6.50. The number of hydrogen-bond donors (Lipinski definition) is 1. The number of nitrogens with zero attached hydrogens (tertiary/aromatic N) is 1. The molecule has 0 spiro atoms. The third kappa shape index (κ3) is 2.91. The summed E-state index contributed by atoms with van der Waals surface area (Å²) >= 11 is 0. The molecule has 1 saturated heterocycles.